The number of carbonyl (C=O) groups is 1. The number of carbonyl (C=O) groups excluding carboxylic acids is 1. The van der Waals surface area contributed by atoms with E-state index in [1.807, 2.05) is 38.1 Å². The van der Waals surface area contributed by atoms with Gasteiger partial charge in [0.05, 0.1) is 17.1 Å². The zero-order valence-electron chi connectivity index (χ0n) is 15.9. The lowest BCUT2D eigenvalue weighted by Crippen LogP contribution is -2.34. The van der Waals surface area contributed by atoms with E-state index in [1.54, 1.807) is 23.6 Å². The number of aromatic hydroxyl groups is 1. The number of aromatic nitrogens is 1. The number of hydrazone groups is 1. The molecule has 0 spiro atoms. The molecule has 1 aliphatic heterocycles. The quantitative estimate of drug-likeness (QED) is 0.572. The summed E-state index contributed by atoms with van der Waals surface area (Å²) in [6.45, 7) is 7.89. The molecular weight excluding hydrogens is 386 g/mol. The number of phenolic OH excluding ortho intramolecular Hbond substituents is 1. The van der Waals surface area contributed by atoms with E-state index < -0.39 is 0 Å². The number of anilines is 2. The van der Waals surface area contributed by atoms with Crippen LogP contribution in [0, 0.1) is 13.8 Å². The lowest BCUT2D eigenvalue weighted by molar-refractivity contribution is -0.112. The molecule has 0 aliphatic carbocycles. The molecule has 2 aromatic carbocycles. The van der Waals surface area contributed by atoms with E-state index >= 15 is 0 Å². The van der Waals surface area contributed by atoms with Crippen molar-refractivity contribution < 1.29 is 9.90 Å². The third kappa shape index (κ3) is 3.45. The number of para-hydroxylation sites is 1. The third-order valence-corrected chi connectivity index (χ3v) is 5.52. The van der Waals surface area contributed by atoms with Gasteiger partial charge in [-0.1, -0.05) is 30.8 Å². The minimum Gasteiger partial charge on any atom is -0.507 e. The van der Waals surface area contributed by atoms with Crippen molar-refractivity contribution in [2.45, 2.75) is 13.8 Å². The summed E-state index contributed by atoms with van der Waals surface area (Å²) in [7, 11) is 0. The van der Waals surface area contributed by atoms with Crippen molar-refractivity contribution >= 4 is 33.8 Å². The Balaban J connectivity index is 1.57. The predicted octanol–water partition coefficient (Wildman–Crippen LogP) is 3.97. The number of aryl methyl sites for hydroxylation is 1. The van der Waals surface area contributed by atoms with Crippen LogP contribution >= 0.6 is 11.3 Å². The fourth-order valence-corrected chi connectivity index (χ4v) is 3.67. The van der Waals surface area contributed by atoms with Gasteiger partial charge in [-0.2, -0.15) is 10.1 Å². The average Bonchev–Trinajstić information content (AvgIpc) is 3.29. The Morgan fingerprint density at radius 1 is 1.21 bits per heavy atom. The molecule has 1 saturated heterocycles. The van der Waals surface area contributed by atoms with Crippen LogP contribution < -0.4 is 15.9 Å². The lowest BCUT2D eigenvalue weighted by Gasteiger charge is -2.10. The predicted molar refractivity (Wildman–Crippen MR) is 116 cm³/mol. The van der Waals surface area contributed by atoms with Crippen LogP contribution in [0.2, 0.25) is 0 Å². The van der Waals surface area contributed by atoms with Gasteiger partial charge in [0.15, 0.2) is 5.71 Å². The van der Waals surface area contributed by atoms with Crippen molar-refractivity contribution in [1.29, 1.82) is 0 Å². The van der Waals surface area contributed by atoms with Crippen molar-refractivity contribution in [2.75, 3.05) is 10.4 Å². The van der Waals surface area contributed by atoms with Crippen molar-refractivity contribution in [1.82, 2.24) is 10.4 Å². The molecule has 29 heavy (non-hydrogen) atoms. The first-order valence-electron chi connectivity index (χ1n) is 8.90. The molecule has 0 saturated carbocycles. The number of hydrogen-bond acceptors (Lipinski definition) is 7. The Morgan fingerprint density at radius 3 is 2.79 bits per heavy atom. The molecule has 7 nitrogen and oxygen atoms in total. The SMILES string of the molecule is C=C1NN(c2nc(-c3ccccc3O)cs2)C(=O)C1=NNc1cccc(C)c1C. The summed E-state index contributed by atoms with van der Waals surface area (Å²) in [6, 6.07) is 12.8. The third-order valence-electron chi connectivity index (χ3n) is 4.69. The fourth-order valence-electron chi connectivity index (χ4n) is 2.89. The van der Waals surface area contributed by atoms with Crippen LogP contribution in [-0.2, 0) is 4.79 Å². The van der Waals surface area contributed by atoms with E-state index in [0.717, 1.165) is 16.8 Å². The topological polar surface area (TPSA) is 89.9 Å². The maximum Gasteiger partial charge on any atom is 0.301 e. The molecular formula is C21H19N5O2S. The highest BCUT2D eigenvalue weighted by Gasteiger charge is 2.34. The first-order valence-corrected chi connectivity index (χ1v) is 9.78. The molecule has 0 radical (unpaired) electrons. The molecule has 146 valence electrons. The largest absolute Gasteiger partial charge is 0.507 e. The van der Waals surface area contributed by atoms with Gasteiger partial charge < -0.3 is 5.11 Å². The smallest absolute Gasteiger partial charge is 0.301 e. The van der Waals surface area contributed by atoms with Crippen LogP contribution in [-0.4, -0.2) is 21.7 Å². The van der Waals surface area contributed by atoms with Gasteiger partial charge in [0.2, 0.25) is 5.13 Å². The molecule has 3 aromatic rings. The zero-order valence-corrected chi connectivity index (χ0v) is 16.7. The molecule has 0 bridgehead atoms. The molecule has 1 amide bonds. The van der Waals surface area contributed by atoms with E-state index in [9.17, 15) is 9.90 Å². The first-order chi connectivity index (χ1) is 14.0. The van der Waals surface area contributed by atoms with Crippen molar-refractivity contribution in [3.8, 4) is 17.0 Å². The Kier molecular flexibility index (Phi) is 4.77. The number of nitrogens with one attached hydrogen (secondary N) is 2. The number of benzene rings is 2. The van der Waals surface area contributed by atoms with Crippen LogP contribution in [0.3, 0.4) is 0 Å². The summed E-state index contributed by atoms with van der Waals surface area (Å²) in [5.74, 6) is -0.222. The molecule has 0 unspecified atom stereocenters. The van der Waals surface area contributed by atoms with Crippen LogP contribution in [0.4, 0.5) is 10.8 Å². The van der Waals surface area contributed by atoms with Gasteiger partial charge in [0.25, 0.3) is 0 Å². The number of rotatable bonds is 4. The van der Waals surface area contributed by atoms with Gasteiger partial charge in [-0.25, -0.2) is 4.98 Å². The van der Waals surface area contributed by atoms with Gasteiger partial charge in [-0.05, 0) is 43.2 Å². The van der Waals surface area contributed by atoms with Crippen LogP contribution in [0.5, 0.6) is 5.75 Å². The molecule has 8 heteroatoms. The summed E-state index contributed by atoms with van der Waals surface area (Å²) in [5.41, 5.74) is 10.6. The lowest BCUT2D eigenvalue weighted by atomic mass is 10.1. The number of hydrazine groups is 1. The molecule has 4 rings (SSSR count). The maximum atomic E-state index is 12.9. The van der Waals surface area contributed by atoms with Gasteiger partial charge >= 0.3 is 5.91 Å². The Labute approximate surface area is 172 Å². The summed E-state index contributed by atoms with van der Waals surface area (Å²) in [5, 5.41) is 17.8. The summed E-state index contributed by atoms with van der Waals surface area (Å²) >= 11 is 1.28. The summed E-state index contributed by atoms with van der Waals surface area (Å²) < 4.78 is 0. The Hall–Kier alpha value is -3.65. The van der Waals surface area contributed by atoms with Crippen LogP contribution in [0.15, 0.2) is 65.2 Å². The van der Waals surface area contributed by atoms with E-state index in [2.05, 4.69) is 27.5 Å². The fraction of sp³-hybridized carbons (Fsp3) is 0.0952. The van der Waals surface area contributed by atoms with Crippen LogP contribution in [0.1, 0.15) is 11.1 Å². The summed E-state index contributed by atoms with van der Waals surface area (Å²) in [6.07, 6.45) is 0. The highest BCUT2D eigenvalue weighted by Crippen LogP contribution is 2.33. The number of phenols is 1. The van der Waals surface area contributed by atoms with Crippen LogP contribution in [0.25, 0.3) is 11.3 Å². The van der Waals surface area contributed by atoms with E-state index in [4.69, 9.17) is 0 Å². The number of amides is 1. The number of thiazole rings is 1. The monoisotopic (exact) mass is 405 g/mol. The molecule has 1 fully saturated rings. The number of hydrogen-bond donors (Lipinski definition) is 3. The Morgan fingerprint density at radius 2 is 2.00 bits per heavy atom. The van der Waals surface area contributed by atoms with Gasteiger partial charge in [-0.3, -0.25) is 15.6 Å². The normalized spacial score (nSPS) is 15.1. The van der Waals surface area contributed by atoms with Gasteiger partial charge in [0.1, 0.15) is 5.75 Å². The summed E-state index contributed by atoms with van der Waals surface area (Å²) in [4.78, 5) is 17.3. The minimum atomic E-state index is -0.356. The molecule has 1 aromatic heterocycles. The van der Waals surface area contributed by atoms with E-state index in [0.29, 0.717) is 22.1 Å². The van der Waals surface area contributed by atoms with Gasteiger partial charge in [-0.15, -0.1) is 11.3 Å². The molecule has 0 atom stereocenters. The van der Waals surface area contributed by atoms with E-state index in [-0.39, 0.29) is 17.4 Å². The maximum absolute atomic E-state index is 12.9. The second-order valence-corrected chi connectivity index (χ2v) is 7.42. The highest BCUT2D eigenvalue weighted by atomic mass is 32.1. The zero-order chi connectivity index (χ0) is 20.5. The number of nitrogens with zero attached hydrogens (tertiary/aromatic N) is 3. The first kappa shape index (κ1) is 18.7. The standard InChI is InChI=1S/C21H19N5O2S/c1-12-7-6-9-16(13(12)2)23-24-19-14(3)25-26(20(19)28)21-22-17(11-29-21)15-8-4-5-10-18(15)27/h4-11,23,25,27H,3H2,1-2H3. The van der Waals surface area contributed by atoms with Crippen molar-refractivity contribution in [3.63, 3.8) is 0 Å². The molecule has 1 aliphatic rings. The average molecular weight is 405 g/mol. The second-order valence-electron chi connectivity index (χ2n) is 6.58. The Bertz CT molecular complexity index is 1150. The molecule has 3 N–H and O–H groups in total. The molecule has 2 heterocycles. The minimum absolute atomic E-state index is 0.134. The van der Waals surface area contributed by atoms with Crippen molar-refractivity contribution in [3.05, 3.63) is 71.2 Å². The second kappa shape index (κ2) is 7.40. The van der Waals surface area contributed by atoms with E-state index in [1.165, 1.54) is 16.3 Å². The van der Waals surface area contributed by atoms with Crippen molar-refractivity contribution in [2.24, 2.45) is 5.10 Å². The highest BCUT2D eigenvalue weighted by molar-refractivity contribution is 7.14. The van der Waals surface area contributed by atoms with Gasteiger partial charge in [0, 0.05) is 10.9 Å².